The zero-order valence-corrected chi connectivity index (χ0v) is 23.2. The molecule has 8 nitrogen and oxygen atoms in total. The van der Waals surface area contributed by atoms with E-state index in [0.29, 0.717) is 12.5 Å². The lowest BCUT2D eigenvalue weighted by atomic mass is 9.94. The summed E-state index contributed by atoms with van der Waals surface area (Å²) in [6.45, 7) is 8.36. The van der Waals surface area contributed by atoms with Crippen LogP contribution in [0.25, 0.3) is 0 Å². The first kappa shape index (κ1) is 32.2. The average molecular weight is 509 g/mol. The molecule has 0 radical (unpaired) electrons. The van der Waals surface area contributed by atoms with Gasteiger partial charge in [0.1, 0.15) is 0 Å². The van der Waals surface area contributed by atoms with Gasteiger partial charge in [-0.05, 0) is 38.0 Å². The second-order valence-corrected chi connectivity index (χ2v) is 13.3. The summed E-state index contributed by atoms with van der Waals surface area (Å²) < 4.78 is 54.3. The van der Waals surface area contributed by atoms with Gasteiger partial charge in [0.15, 0.2) is 0 Å². The smallest absolute Gasteiger partial charge is 0.195 e. The summed E-state index contributed by atoms with van der Waals surface area (Å²) in [4.78, 5) is 0. The van der Waals surface area contributed by atoms with Crippen molar-refractivity contribution in [1.29, 1.82) is 0 Å². The summed E-state index contributed by atoms with van der Waals surface area (Å²) in [6.07, 6.45) is 15.2. The molecule has 0 aliphatic rings. The maximum Gasteiger partial charge on any atom is 0.281 e. The van der Waals surface area contributed by atoms with E-state index in [1.54, 1.807) is 7.05 Å². The van der Waals surface area contributed by atoms with Crippen LogP contribution < -0.4 is 0 Å². The molecule has 0 bridgehead atoms. The van der Waals surface area contributed by atoms with Crippen LogP contribution in [0, 0.1) is 5.92 Å². The standard InChI is InChI=1S/C23H48N4O4S2/c1-8-10-11-12-15-18-23(9-2)19-16-13-14-17-20-25(5)33(30,31)27(7)22-21-26(6)32(28,29)24(3)4/h8-9,23H,1-2,10-22H2,3-7H3. The minimum atomic E-state index is -3.62. The maximum absolute atomic E-state index is 12.7. The predicted octanol–water partition coefficient (Wildman–Crippen LogP) is 3.72. The highest BCUT2D eigenvalue weighted by Gasteiger charge is 2.26. The Bertz CT molecular complexity index is 754. The van der Waals surface area contributed by atoms with E-state index in [2.05, 4.69) is 19.2 Å². The molecule has 0 heterocycles. The molecule has 0 rings (SSSR count). The van der Waals surface area contributed by atoms with Gasteiger partial charge in [-0.3, -0.25) is 0 Å². The molecule has 0 aromatic carbocycles. The lowest BCUT2D eigenvalue weighted by Gasteiger charge is -2.27. The van der Waals surface area contributed by atoms with Crippen molar-refractivity contribution in [3.05, 3.63) is 25.3 Å². The van der Waals surface area contributed by atoms with Gasteiger partial charge in [-0.25, -0.2) is 0 Å². The van der Waals surface area contributed by atoms with E-state index in [-0.39, 0.29) is 13.1 Å². The second kappa shape index (κ2) is 16.8. The van der Waals surface area contributed by atoms with Crippen LogP contribution in [0.3, 0.4) is 0 Å². The largest absolute Gasteiger partial charge is 0.281 e. The van der Waals surface area contributed by atoms with Gasteiger partial charge in [0.2, 0.25) is 0 Å². The highest BCUT2D eigenvalue weighted by atomic mass is 32.2. The molecular weight excluding hydrogens is 460 g/mol. The summed E-state index contributed by atoms with van der Waals surface area (Å²) in [5.74, 6) is 0.569. The van der Waals surface area contributed by atoms with E-state index in [1.807, 2.05) is 6.08 Å². The fourth-order valence-corrected chi connectivity index (χ4v) is 5.51. The van der Waals surface area contributed by atoms with E-state index < -0.39 is 20.4 Å². The fraction of sp³-hybridized carbons (Fsp3) is 0.826. The molecule has 0 aliphatic carbocycles. The van der Waals surface area contributed by atoms with Crippen molar-refractivity contribution in [3.8, 4) is 0 Å². The van der Waals surface area contributed by atoms with Crippen LogP contribution in [0.15, 0.2) is 25.3 Å². The van der Waals surface area contributed by atoms with E-state index in [1.165, 1.54) is 62.5 Å². The Hall–Kier alpha value is -0.780. The molecule has 0 amide bonds. The van der Waals surface area contributed by atoms with Crippen LogP contribution in [0.1, 0.15) is 64.2 Å². The molecule has 0 saturated carbocycles. The third kappa shape index (κ3) is 12.5. The number of nitrogens with zero attached hydrogens (tertiary/aromatic N) is 4. The summed E-state index contributed by atoms with van der Waals surface area (Å²) in [7, 11) is 0.223. The highest BCUT2D eigenvalue weighted by molar-refractivity contribution is 7.87. The first-order valence-electron chi connectivity index (χ1n) is 12.0. The Kier molecular flexibility index (Phi) is 16.4. The highest BCUT2D eigenvalue weighted by Crippen LogP contribution is 2.19. The number of likely N-dealkylation sites (N-methyl/N-ethyl adjacent to an activating group) is 2. The molecule has 10 heteroatoms. The topological polar surface area (TPSA) is 81.2 Å². The molecule has 0 aromatic rings. The number of rotatable bonds is 21. The average Bonchev–Trinajstić information content (AvgIpc) is 2.77. The minimum Gasteiger partial charge on any atom is -0.195 e. The predicted molar refractivity (Wildman–Crippen MR) is 139 cm³/mol. The van der Waals surface area contributed by atoms with Gasteiger partial charge in [-0.2, -0.15) is 34.1 Å². The van der Waals surface area contributed by atoms with E-state index in [4.69, 9.17) is 0 Å². The van der Waals surface area contributed by atoms with Crippen molar-refractivity contribution in [2.45, 2.75) is 64.2 Å². The number of hydrogen-bond donors (Lipinski definition) is 0. The molecule has 0 aliphatic heterocycles. The Morgan fingerprint density at radius 1 is 0.636 bits per heavy atom. The zero-order chi connectivity index (χ0) is 25.5. The van der Waals surface area contributed by atoms with Crippen molar-refractivity contribution in [2.24, 2.45) is 5.92 Å². The van der Waals surface area contributed by atoms with Gasteiger partial charge in [-0.15, -0.1) is 13.2 Å². The van der Waals surface area contributed by atoms with Gasteiger partial charge in [0, 0.05) is 54.9 Å². The SMILES string of the molecule is C=CCCCCCC(C=C)CCCCCCN(C)S(=O)(=O)N(C)CCN(C)S(=O)(=O)N(C)C. The van der Waals surface area contributed by atoms with Crippen molar-refractivity contribution in [1.82, 2.24) is 17.2 Å². The first-order chi connectivity index (χ1) is 15.4. The lowest BCUT2D eigenvalue weighted by Crippen LogP contribution is -2.45. The maximum atomic E-state index is 12.7. The van der Waals surface area contributed by atoms with E-state index in [0.717, 1.165) is 47.1 Å². The van der Waals surface area contributed by atoms with E-state index >= 15 is 0 Å². The van der Waals surface area contributed by atoms with Gasteiger partial charge >= 0.3 is 0 Å². The molecule has 0 saturated heterocycles. The fourth-order valence-electron chi connectivity index (χ4n) is 3.49. The van der Waals surface area contributed by atoms with Gasteiger partial charge in [0.25, 0.3) is 20.4 Å². The van der Waals surface area contributed by atoms with Crippen LogP contribution in [-0.4, -0.2) is 88.9 Å². The monoisotopic (exact) mass is 508 g/mol. The molecule has 0 N–H and O–H groups in total. The summed E-state index contributed by atoms with van der Waals surface area (Å²) in [6, 6.07) is 0. The summed E-state index contributed by atoms with van der Waals surface area (Å²) in [5.41, 5.74) is 0. The van der Waals surface area contributed by atoms with Crippen LogP contribution in [0.2, 0.25) is 0 Å². The van der Waals surface area contributed by atoms with Crippen molar-refractivity contribution >= 4 is 20.4 Å². The van der Waals surface area contributed by atoms with Crippen molar-refractivity contribution in [2.75, 3.05) is 54.9 Å². The molecular formula is C23H48N4O4S2. The van der Waals surface area contributed by atoms with Crippen LogP contribution >= 0.6 is 0 Å². The number of allylic oxidation sites excluding steroid dienone is 2. The minimum absolute atomic E-state index is 0.0861. The second-order valence-electron chi connectivity index (χ2n) is 8.89. The first-order valence-corrected chi connectivity index (χ1v) is 14.8. The molecule has 1 unspecified atom stereocenters. The molecule has 0 aromatic heterocycles. The lowest BCUT2D eigenvalue weighted by molar-refractivity contribution is 0.354. The van der Waals surface area contributed by atoms with Crippen LogP contribution in [0.4, 0.5) is 0 Å². The molecule has 196 valence electrons. The summed E-state index contributed by atoms with van der Waals surface area (Å²) in [5, 5.41) is 0. The normalized spacial score (nSPS) is 13.8. The van der Waals surface area contributed by atoms with E-state index in [9.17, 15) is 16.8 Å². The number of hydrogen-bond acceptors (Lipinski definition) is 4. The van der Waals surface area contributed by atoms with Crippen molar-refractivity contribution < 1.29 is 16.8 Å². The molecule has 33 heavy (non-hydrogen) atoms. The quantitative estimate of drug-likeness (QED) is 0.175. The van der Waals surface area contributed by atoms with Crippen LogP contribution in [-0.2, 0) is 20.4 Å². The Morgan fingerprint density at radius 2 is 1.09 bits per heavy atom. The molecule has 1 atom stereocenters. The third-order valence-corrected chi connectivity index (χ3v) is 9.82. The molecule has 0 spiro atoms. The Balaban J connectivity index is 4.22. The number of unbranched alkanes of at least 4 members (excludes halogenated alkanes) is 6. The summed E-state index contributed by atoms with van der Waals surface area (Å²) >= 11 is 0. The van der Waals surface area contributed by atoms with Gasteiger partial charge in [-0.1, -0.05) is 44.3 Å². The third-order valence-electron chi connectivity index (χ3n) is 5.99. The molecule has 0 fully saturated rings. The van der Waals surface area contributed by atoms with Gasteiger partial charge < -0.3 is 0 Å². The van der Waals surface area contributed by atoms with Crippen molar-refractivity contribution in [3.63, 3.8) is 0 Å². The Labute approximate surface area is 204 Å². The Morgan fingerprint density at radius 3 is 1.58 bits per heavy atom. The van der Waals surface area contributed by atoms with Gasteiger partial charge in [0.05, 0.1) is 0 Å². The zero-order valence-electron chi connectivity index (χ0n) is 21.6. The van der Waals surface area contributed by atoms with Crippen LogP contribution in [0.5, 0.6) is 0 Å².